The van der Waals surface area contributed by atoms with E-state index in [1.807, 2.05) is 0 Å². The van der Waals surface area contributed by atoms with E-state index in [0.29, 0.717) is 22.6 Å². The third-order valence-electron chi connectivity index (χ3n) is 3.58. The molecular weight excluding hydrogens is 299 g/mol. The number of halogens is 1. The van der Waals surface area contributed by atoms with Crippen LogP contribution >= 0.6 is 0 Å². The van der Waals surface area contributed by atoms with E-state index in [-0.39, 0.29) is 11.8 Å². The Morgan fingerprint density at radius 2 is 1.74 bits per heavy atom. The third-order valence-corrected chi connectivity index (χ3v) is 3.58. The van der Waals surface area contributed by atoms with Crippen LogP contribution in [0.4, 0.5) is 16.0 Å². The van der Waals surface area contributed by atoms with Crippen LogP contribution < -0.4 is 4.90 Å². The van der Waals surface area contributed by atoms with Crippen molar-refractivity contribution in [3.8, 4) is 11.4 Å². The number of H-pyrrole nitrogens is 1. The first-order valence-electron chi connectivity index (χ1n) is 6.81. The molecule has 2 heterocycles. The maximum atomic E-state index is 13.0. The molecule has 0 saturated carbocycles. The molecule has 4 rings (SSSR count). The van der Waals surface area contributed by atoms with Crippen LogP contribution in [0.2, 0.25) is 0 Å². The van der Waals surface area contributed by atoms with Gasteiger partial charge in [0.25, 0.3) is 11.7 Å². The average molecular weight is 308 g/mol. The predicted molar refractivity (Wildman–Crippen MR) is 79.7 cm³/mol. The Hall–Kier alpha value is -3.35. The maximum Gasteiger partial charge on any atom is 0.306 e. The topological polar surface area (TPSA) is 79.0 Å². The number of nitrogens with zero attached hydrogens (tertiary/aromatic N) is 3. The summed E-state index contributed by atoms with van der Waals surface area (Å²) in [5, 5.41) is 6.70. The summed E-state index contributed by atoms with van der Waals surface area (Å²) in [7, 11) is 0. The fraction of sp³-hybridized carbons (Fsp3) is 0. The van der Waals surface area contributed by atoms with Gasteiger partial charge in [-0.3, -0.25) is 14.7 Å². The van der Waals surface area contributed by atoms with Gasteiger partial charge in [0.1, 0.15) is 5.82 Å². The normalized spacial score (nSPS) is 13.5. The molecule has 0 fully saturated rings. The van der Waals surface area contributed by atoms with E-state index in [0.717, 1.165) is 0 Å². The molecule has 1 aromatic heterocycles. The molecule has 1 aliphatic rings. The number of nitrogens with one attached hydrogen (secondary N) is 1. The van der Waals surface area contributed by atoms with Gasteiger partial charge >= 0.3 is 5.91 Å². The molecular formula is C16H9FN4O2. The molecule has 0 saturated heterocycles. The predicted octanol–water partition coefficient (Wildman–Crippen LogP) is 2.47. The van der Waals surface area contributed by atoms with Gasteiger partial charge in [0.05, 0.1) is 11.3 Å². The smallest absolute Gasteiger partial charge is 0.283 e. The van der Waals surface area contributed by atoms with Crippen molar-refractivity contribution in [2.45, 2.75) is 0 Å². The number of benzene rings is 2. The lowest BCUT2D eigenvalue weighted by molar-refractivity contribution is -0.113. The second kappa shape index (κ2) is 4.84. The van der Waals surface area contributed by atoms with Gasteiger partial charge in [-0.2, -0.15) is 4.98 Å². The van der Waals surface area contributed by atoms with Crippen molar-refractivity contribution in [3.05, 3.63) is 59.9 Å². The largest absolute Gasteiger partial charge is 0.306 e. The molecule has 6 nitrogen and oxygen atoms in total. The zero-order valence-corrected chi connectivity index (χ0v) is 11.7. The average Bonchev–Trinajstić information content (AvgIpc) is 3.13. The first-order valence-corrected chi connectivity index (χ1v) is 6.81. The Labute approximate surface area is 129 Å². The van der Waals surface area contributed by atoms with Crippen molar-refractivity contribution in [1.82, 2.24) is 15.2 Å². The lowest BCUT2D eigenvalue weighted by Gasteiger charge is -2.10. The zero-order valence-electron chi connectivity index (χ0n) is 11.7. The molecule has 1 aliphatic heterocycles. The van der Waals surface area contributed by atoms with Crippen molar-refractivity contribution < 1.29 is 14.0 Å². The van der Waals surface area contributed by atoms with E-state index in [1.54, 1.807) is 36.4 Å². The first kappa shape index (κ1) is 13.3. The molecule has 0 aliphatic carbocycles. The number of rotatable bonds is 2. The molecule has 0 unspecified atom stereocenters. The van der Waals surface area contributed by atoms with Crippen molar-refractivity contribution >= 4 is 23.3 Å². The Kier molecular flexibility index (Phi) is 2.80. The highest BCUT2D eigenvalue weighted by molar-refractivity contribution is 6.53. The van der Waals surface area contributed by atoms with Crippen molar-refractivity contribution in [1.29, 1.82) is 0 Å². The fourth-order valence-corrected chi connectivity index (χ4v) is 2.48. The van der Waals surface area contributed by atoms with Crippen molar-refractivity contribution in [2.75, 3.05) is 4.90 Å². The van der Waals surface area contributed by atoms with E-state index in [9.17, 15) is 14.0 Å². The summed E-state index contributed by atoms with van der Waals surface area (Å²) in [6.45, 7) is 0. The number of hydrogen-bond acceptors (Lipinski definition) is 4. The number of ketones is 1. The van der Waals surface area contributed by atoms with Crippen LogP contribution in [-0.4, -0.2) is 26.9 Å². The maximum absolute atomic E-state index is 13.0. The molecule has 112 valence electrons. The molecule has 0 radical (unpaired) electrons. The Morgan fingerprint density at radius 1 is 1.00 bits per heavy atom. The quantitative estimate of drug-likeness (QED) is 0.738. The molecule has 1 amide bonds. The second-order valence-electron chi connectivity index (χ2n) is 4.98. The highest BCUT2D eigenvalue weighted by Crippen LogP contribution is 2.33. The van der Waals surface area contributed by atoms with E-state index in [4.69, 9.17) is 0 Å². The number of hydrogen-bond donors (Lipinski definition) is 1. The Bertz CT molecular complexity index is 933. The number of carbonyl (C=O) groups excluding carboxylic acids is 2. The molecule has 3 aromatic rings. The van der Waals surface area contributed by atoms with Crippen LogP contribution in [0.5, 0.6) is 0 Å². The number of amides is 1. The van der Waals surface area contributed by atoms with Gasteiger partial charge in [0, 0.05) is 5.56 Å². The summed E-state index contributed by atoms with van der Waals surface area (Å²) in [5.41, 5.74) is 1.40. The lowest BCUT2D eigenvalue weighted by atomic mass is 10.1. The van der Waals surface area contributed by atoms with Crippen molar-refractivity contribution in [3.63, 3.8) is 0 Å². The number of Topliss-reactive ketones (excluding diaryl/α,β-unsaturated/α-hetero) is 1. The molecule has 23 heavy (non-hydrogen) atoms. The number of anilines is 2. The highest BCUT2D eigenvalue weighted by atomic mass is 19.1. The number of aromatic nitrogens is 3. The van der Waals surface area contributed by atoms with Crippen LogP contribution in [0.25, 0.3) is 11.4 Å². The van der Waals surface area contributed by atoms with E-state index in [1.165, 1.54) is 17.0 Å². The lowest BCUT2D eigenvalue weighted by Crippen LogP contribution is -2.25. The van der Waals surface area contributed by atoms with Crippen LogP contribution in [-0.2, 0) is 4.79 Å². The van der Waals surface area contributed by atoms with E-state index in [2.05, 4.69) is 15.2 Å². The van der Waals surface area contributed by atoms with Gasteiger partial charge in [-0.15, -0.1) is 5.10 Å². The molecule has 1 N–H and O–H groups in total. The molecule has 2 aromatic carbocycles. The van der Waals surface area contributed by atoms with Gasteiger partial charge < -0.3 is 0 Å². The number of aromatic amines is 1. The molecule has 0 atom stereocenters. The second-order valence-corrected chi connectivity index (χ2v) is 4.98. The fourth-order valence-electron chi connectivity index (χ4n) is 2.48. The number of carbonyl (C=O) groups is 2. The van der Waals surface area contributed by atoms with Crippen molar-refractivity contribution in [2.24, 2.45) is 0 Å². The zero-order chi connectivity index (χ0) is 16.0. The highest BCUT2D eigenvalue weighted by Gasteiger charge is 2.38. The number of fused-ring (bicyclic) bond motifs is 1. The summed E-state index contributed by atoms with van der Waals surface area (Å²) in [6.07, 6.45) is 0. The summed E-state index contributed by atoms with van der Waals surface area (Å²) in [6, 6.07) is 12.4. The summed E-state index contributed by atoms with van der Waals surface area (Å²) in [4.78, 5) is 29.6. The van der Waals surface area contributed by atoms with E-state index < -0.39 is 11.7 Å². The Morgan fingerprint density at radius 3 is 2.52 bits per heavy atom. The van der Waals surface area contributed by atoms with Crippen LogP contribution in [0.1, 0.15) is 10.4 Å². The summed E-state index contributed by atoms with van der Waals surface area (Å²) >= 11 is 0. The van der Waals surface area contributed by atoms with Gasteiger partial charge in [-0.05, 0) is 36.4 Å². The van der Waals surface area contributed by atoms with Gasteiger partial charge in [-0.1, -0.05) is 12.1 Å². The van der Waals surface area contributed by atoms with Gasteiger partial charge in [-0.25, -0.2) is 9.29 Å². The summed E-state index contributed by atoms with van der Waals surface area (Å²) in [5.74, 6) is -1.19. The number of para-hydroxylation sites is 1. The van der Waals surface area contributed by atoms with Gasteiger partial charge in [0.2, 0.25) is 0 Å². The molecule has 0 bridgehead atoms. The van der Waals surface area contributed by atoms with Crippen LogP contribution in [0.15, 0.2) is 48.5 Å². The third kappa shape index (κ3) is 2.02. The monoisotopic (exact) mass is 308 g/mol. The van der Waals surface area contributed by atoms with E-state index >= 15 is 0 Å². The minimum atomic E-state index is -0.698. The van der Waals surface area contributed by atoms with Crippen LogP contribution in [0.3, 0.4) is 0 Å². The molecule has 0 spiro atoms. The first-order chi connectivity index (χ1) is 11.1. The Balaban J connectivity index is 1.76. The van der Waals surface area contributed by atoms with Gasteiger partial charge in [0.15, 0.2) is 5.82 Å². The summed E-state index contributed by atoms with van der Waals surface area (Å²) < 4.78 is 13.0. The minimum Gasteiger partial charge on any atom is -0.283 e. The van der Waals surface area contributed by atoms with Crippen LogP contribution in [0, 0.1) is 5.82 Å². The standard InChI is InChI=1S/C16H9FN4O2/c17-10-7-5-9(6-8-10)14-18-16(20-19-14)21-12-4-2-1-3-11(12)13(22)15(21)23/h1-8H,(H,18,19,20). The molecule has 7 heteroatoms. The minimum absolute atomic E-state index is 0.0765. The SMILES string of the molecule is O=C1C(=O)N(c2n[nH]c(-c3ccc(F)cc3)n2)c2ccccc21.